The second-order valence-corrected chi connectivity index (χ2v) is 6.78. The maximum absolute atomic E-state index is 11.1. The molecule has 2 rings (SSSR count). The molecule has 1 aromatic rings. The van der Waals surface area contributed by atoms with E-state index in [1.54, 1.807) is 6.07 Å². The Kier molecular flexibility index (Phi) is 6.37. The summed E-state index contributed by atoms with van der Waals surface area (Å²) >= 11 is -1.56. The Labute approximate surface area is 148 Å². The molecule has 0 aliphatic heterocycles. The minimum Gasteiger partial charge on any atom is -0.382 e. The van der Waals surface area contributed by atoms with Gasteiger partial charge in [-0.05, 0) is 43.9 Å². The van der Waals surface area contributed by atoms with E-state index in [9.17, 15) is 9.42 Å². The molecule has 1 aliphatic rings. The van der Waals surface area contributed by atoms with E-state index < -0.39 is 11.2 Å². The van der Waals surface area contributed by atoms with Crippen molar-refractivity contribution in [3.8, 4) is 0 Å². The molecule has 1 aliphatic carbocycles. The van der Waals surface area contributed by atoms with E-state index in [4.69, 9.17) is 16.3 Å². The number of aliphatic imine (C=N–C) groups is 2. The van der Waals surface area contributed by atoms with Gasteiger partial charge in [-0.2, -0.15) is 0 Å². The Hall–Kier alpha value is -2.14. The third-order valence-electron chi connectivity index (χ3n) is 3.88. The summed E-state index contributed by atoms with van der Waals surface area (Å²) in [6, 6.07) is 7.31. The molecule has 1 unspecified atom stereocenters. The molecule has 1 saturated carbocycles. The van der Waals surface area contributed by atoms with Crippen LogP contribution in [0.15, 0.2) is 34.3 Å². The van der Waals surface area contributed by atoms with Gasteiger partial charge in [-0.25, -0.2) is 19.1 Å². The van der Waals surface area contributed by atoms with Gasteiger partial charge in [-0.3, -0.25) is 21.1 Å². The van der Waals surface area contributed by atoms with Crippen LogP contribution in [0.25, 0.3) is 0 Å². The molecule has 1 aromatic carbocycles. The van der Waals surface area contributed by atoms with Crippen LogP contribution in [0.3, 0.4) is 0 Å². The summed E-state index contributed by atoms with van der Waals surface area (Å²) in [6.07, 6.45) is 2.36. The average Bonchev–Trinajstić information content (AvgIpc) is 3.30. The van der Waals surface area contributed by atoms with Gasteiger partial charge in [0.05, 0.1) is 5.69 Å². The summed E-state index contributed by atoms with van der Waals surface area (Å²) in [5.41, 5.74) is 8.84. The Morgan fingerprint density at radius 1 is 1.48 bits per heavy atom. The number of hydrogen-bond acceptors (Lipinski definition) is 5. The van der Waals surface area contributed by atoms with Crippen LogP contribution in [-0.2, 0) is 11.2 Å². The zero-order chi connectivity index (χ0) is 18.4. The molecule has 0 saturated heterocycles. The third kappa shape index (κ3) is 5.71. The lowest BCUT2D eigenvalue weighted by Crippen LogP contribution is -2.39. The fourth-order valence-corrected chi connectivity index (χ4v) is 3.05. The zero-order valence-corrected chi connectivity index (χ0v) is 14.8. The van der Waals surface area contributed by atoms with Crippen LogP contribution in [0.2, 0.25) is 0 Å². The highest BCUT2D eigenvalue weighted by Crippen LogP contribution is 2.38. The lowest BCUT2D eigenvalue weighted by molar-refractivity contribution is 0.237. The normalized spacial score (nSPS) is 17.9. The summed E-state index contributed by atoms with van der Waals surface area (Å²) in [5, 5.41) is 22.5. The molecule has 1 atom stereocenters. The number of nitrogens with one attached hydrogen (secondary N) is 3. The summed E-state index contributed by atoms with van der Waals surface area (Å²) in [6.45, 7) is 2.27. The Morgan fingerprint density at radius 3 is 2.76 bits per heavy atom. The molecular weight excluding hydrogens is 342 g/mol. The van der Waals surface area contributed by atoms with Crippen LogP contribution in [0.5, 0.6) is 0 Å². The Morgan fingerprint density at radius 2 is 2.20 bits per heavy atom. The highest BCUT2D eigenvalue weighted by Gasteiger charge is 2.42. The zero-order valence-electron chi connectivity index (χ0n) is 14.0. The number of aryl methyl sites for hydroxylation is 1. The Balaban J connectivity index is 2.00. The molecule has 0 amide bonds. The van der Waals surface area contributed by atoms with E-state index in [1.807, 2.05) is 30.6 Å². The third-order valence-corrected chi connectivity index (χ3v) is 4.52. The van der Waals surface area contributed by atoms with Gasteiger partial charge in [0.25, 0.3) is 0 Å². The van der Waals surface area contributed by atoms with Crippen molar-refractivity contribution in [2.75, 3.05) is 6.54 Å². The maximum Gasteiger partial charge on any atom is 0.179 e. The van der Waals surface area contributed by atoms with Crippen LogP contribution >= 0.6 is 0 Å². The largest absolute Gasteiger partial charge is 0.382 e. The van der Waals surface area contributed by atoms with E-state index in [0.717, 1.165) is 18.4 Å². The van der Waals surface area contributed by atoms with Gasteiger partial charge in [-0.15, -0.1) is 0 Å². The number of hydrogen-bond donors (Lipinski definition) is 6. The molecule has 0 aromatic heterocycles. The van der Waals surface area contributed by atoms with E-state index >= 15 is 0 Å². The first-order valence-electron chi connectivity index (χ1n) is 7.74. The second kappa shape index (κ2) is 8.30. The van der Waals surface area contributed by atoms with Crippen LogP contribution in [0.1, 0.15) is 24.8 Å². The molecule has 0 heterocycles. The van der Waals surface area contributed by atoms with Gasteiger partial charge in [0.2, 0.25) is 0 Å². The van der Waals surface area contributed by atoms with Gasteiger partial charge >= 0.3 is 0 Å². The predicted octanol–water partition coefficient (Wildman–Crippen LogP) is 0.430. The molecular formula is C15H23N7O2S. The maximum atomic E-state index is 11.1. The van der Waals surface area contributed by atoms with Crippen molar-refractivity contribution in [1.82, 2.24) is 10.2 Å². The van der Waals surface area contributed by atoms with Gasteiger partial charge in [0.15, 0.2) is 17.0 Å². The minimum atomic E-state index is -1.56. The average molecular weight is 365 g/mol. The van der Waals surface area contributed by atoms with Crippen molar-refractivity contribution in [1.29, 1.82) is 5.41 Å². The van der Waals surface area contributed by atoms with Crippen molar-refractivity contribution in [3.05, 3.63) is 29.8 Å². The SMILES string of the molecule is Cc1cccc(N=C(NO)C(=N)C(N)=NCCC2(NS(N)=O)CC2)c1. The molecule has 25 heavy (non-hydrogen) atoms. The second-order valence-electron chi connectivity index (χ2n) is 5.98. The Bertz CT molecular complexity index is 728. The highest BCUT2D eigenvalue weighted by molar-refractivity contribution is 7.80. The molecule has 0 radical (unpaired) electrons. The first-order valence-corrected chi connectivity index (χ1v) is 8.95. The van der Waals surface area contributed by atoms with Gasteiger partial charge in [-0.1, -0.05) is 12.1 Å². The lowest BCUT2D eigenvalue weighted by Gasteiger charge is -2.13. The fourth-order valence-electron chi connectivity index (χ4n) is 2.32. The van der Waals surface area contributed by atoms with E-state index in [-0.39, 0.29) is 22.9 Å². The number of amidine groups is 2. The number of nitrogens with two attached hydrogens (primary N) is 2. The molecule has 136 valence electrons. The fraction of sp³-hybridized carbons (Fsp3) is 0.400. The predicted molar refractivity (Wildman–Crippen MR) is 99.5 cm³/mol. The number of rotatable bonds is 8. The molecule has 9 nitrogen and oxygen atoms in total. The molecule has 1 fully saturated rings. The van der Waals surface area contributed by atoms with E-state index in [1.165, 1.54) is 0 Å². The molecule has 8 N–H and O–H groups in total. The van der Waals surface area contributed by atoms with Crippen molar-refractivity contribution < 1.29 is 9.42 Å². The summed E-state index contributed by atoms with van der Waals surface area (Å²) in [4.78, 5) is 8.31. The first-order chi connectivity index (χ1) is 11.8. The standard InChI is InChI=1S/C15H23N7O2S/c1-10-3-2-4-11(9-10)20-14(21-23)12(16)13(17)19-8-7-15(5-6-15)22-25(18)24/h2-4,9,16,22-23H,5-8,18H2,1H3,(H2,17,19)(H,20,21). The van der Waals surface area contributed by atoms with Crippen molar-refractivity contribution in [2.45, 2.75) is 31.7 Å². The van der Waals surface area contributed by atoms with Crippen LogP contribution in [-0.4, -0.2) is 38.9 Å². The number of hydroxylamine groups is 1. The van der Waals surface area contributed by atoms with Crippen molar-refractivity contribution in [2.24, 2.45) is 20.9 Å². The quantitative estimate of drug-likeness (QED) is 0.224. The molecule has 0 spiro atoms. The smallest absolute Gasteiger partial charge is 0.179 e. The van der Waals surface area contributed by atoms with Crippen LogP contribution in [0.4, 0.5) is 5.69 Å². The highest BCUT2D eigenvalue weighted by atomic mass is 32.2. The van der Waals surface area contributed by atoms with Crippen LogP contribution < -0.4 is 21.1 Å². The minimum absolute atomic E-state index is 0.0439. The summed E-state index contributed by atoms with van der Waals surface area (Å²) < 4.78 is 13.9. The topological polar surface area (TPSA) is 162 Å². The van der Waals surface area contributed by atoms with Gasteiger partial charge < -0.3 is 5.73 Å². The summed E-state index contributed by atoms with van der Waals surface area (Å²) in [7, 11) is 0. The molecule has 10 heteroatoms. The first kappa shape index (κ1) is 19.2. The van der Waals surface area contributed by atoms with Gasteiger partial charge in [0, 0.05) is 12.1 Å². The lowest BCUT2D eigenvalue weighted by atomic mass is 10.2. The number of benzene rings is 1. The van der Waals surface area contributed by atoms with E-state index in [2.05, 4.69) is 14.7 Å². The molecule has 0 bridgehead atoms. The van der Waals surface area contributed by atoms with Crippen LogP contribution in [0, 0.1) is 12.3 Å². The van der Waals surface area contributed by atoms with E-state index in [0.29, 0.717) is 18.7 Å². The number of nitrogens with zero attached hydrogens (tertiary/aromatic N) is 2. The summed E-state index contributed by atoms with van der Waals surface area (Å²) in [5.74, 6) is -0.133. The van der Waals surface area contributed by atoms with Crippen molar-refractivity contribution >= 4 is 34.2 Å². The van der Waals surface area contributed by atoms with Gasteiger partial charge in [0.1, 0.15) is 11.5 Å². The monoisotopic (exact) mass is 365 g/mol. The van der Waals surface area contributed by atoms with Crippen molar-refractivity contribution in [3.63, 3.8) is 0 Å².